The molecule has 2 N–H and O–H groups in total. The van der Waals surface area contributed by atoms with Crippen molar-refractivity contribution in [3.8, 4) is 5.75 Å². The van der Waals surface area contributed by atoms with Crippen molar-refractivity contribution in [2.45, 2.75) is 12.4 Å². The number of urea groups is 1. The molecule has 1 aromatic carbocycles. The fraction of sp³-hybridized carbons (Fsp3) is 0.533. The van der Waals surface area contributed by atoms with Gasteiger partial charge in [0, 0.05) is 31.3 Å². The zero-order chi connectivity index (χ0) is 18.9. The number of hydrogen-bond acceptors (Lipinski definition) is 5. The van der Waals surface area contributed by atoms with Crippen molar-refractivity contribution < 1.29 is 41.7 Å². The van der Waals surface area contributed by atoms with Crippen molar-refractivity contribution in [2.75, 3.05) is 38.2 Å². The first-order chi connectivity index (χ1) is 12.2. The van der Waals surface area contributed by atoms with Crippen LogP contribution in [-0.4, -0.2) is 55.2 Å². The van der Waals surface area contributed by atoms with E-state index in [0.717, 1.165) is 18.2 Å². The van der Waals surface area contributed by atoms with Gasteiger partial charge in [-0.25, -0.2) is 9.53 Å². The van der Waals surface area contributed by atoms with Crippen LogP contribution in [0.1, 0.15) is 5.56 Å². The highest BCUT2D eigenvalue weighted by molar-refractivity contribution is 5.89. The fourth-order valence-corrected chi connectivity index (χ4v) is 2.66. The van der Waals surface area contributed by atoms with Crippen LogP contribution in [0.25, 0.3) is 0 Å². The van der Waals surface area contributed by atoms with Crippen molar-refractivity contribution in [3.05, 3.63) is 23.8 Å². The van der Waals surface area contributed by atoms with Crippen LogP contribution in [0.5, 0.6) is 5.75 Å². The van der Waals surface area contributed by atoms with Crippen LogP contribution >= 0.6 is 0 Å². The van der Waals surface area contributed by atoms with Crippen molar-refractivity contribution in [1.82, 2.24) is 4.90 Å². The van der Waals surface area contributed by atoms with E-state index in [1.54, 1.807) is 0 Å². The number of carbonyl (C=O) groups excluding carboxylic acids is 1. The minimum absolute atomic E-state index is 0.0449. The Morgan fingerprint density at radius 2 is 2.12 bits per heavy atom. The lowest BCUT2D eigenvalue weighted by Crippen LogP contribution is -2.41. The van der Waals surface area contributed by atoms with Gasteiger partial charge in [-0.3, -0.25) is 0 Å². The summed E-state index contributed by atoms with van der Waals surface area (Å²) < 4.78 is 66.2. The molecule has 1 atom stereocenters. The Morgan fingerprint density at radius 1 is 1.35 bits per heavy atom. The molecule has 0 aromatic heterocycles. The van der Waals surface area contributed by atoms with Gasteiger partial charge in [0.25, 0.3) is 0 Å². The Hall–Kier alpha value is -2.11. The molecule has 0 unspecified atom stereocenters. The highest BCUT2D eigenvalue weighted by Gasteiger charge is 2.54. The fourth-order valence-electron chi connectivity index (χ4n) is 2.66. The monoisotopic (exact) mass is 380 g/mol. The van der Waals surface area contributed by atoms with Crippen LogP contribution in [-0.2, 0) is 15.6 Å². The van der Waals surface area contributed by atoms with E-state index in [1.165, 1.54) is 4.90 Å². The second kappa shape index (κ2) is 6.89. The molecule has 1 fully saturated rings. The molecule has 2 heterocycles. The first-order valence-electron chi connectivity index (χ1n) is 7.74. The van der Waals surface area contributed by atoms with Gasteiger partial charge in [-0.15, -0.1) is 8.78 Å². The number of nitrogens with zero attached hydrogens (tertiary/aromatic N) is 1. The van der Waals surface area contributed by atoms with Crippen molar-refractivity contribution in [2.24, 2.45) is 5.92 Å². The van der Waals surface area contributed by atoms with Crippen LogP contribution in [0.15, 0.2) is 18.2 Å². The van der Waals surface area contributed by atoms with Crippen LogP contribution in [0, 0.1) is 5.92 Å². The highest BCUT2D eigenvalue weighted by Crippen LogP contribution is 2.46. The number of nitrogens with one attached hydrogen (secondary N) is 1. The first-order valence-corrected chi connectivity index (χ1v) is 7.74. The number of aliphatic hydroxyl groups is 1. The summed E-state index contributed by atoms with van der Waals surface area (Å²) in [6, 6.07) is 2.27. The maximum atomic E-state index is 13.8. The number of rotatable bonds is 2. The Balaban J connectivity index is 1.76. The average molecular weight is 380 g/mol. The molecule has 26 heavy (non-hydrogen) atoms. The van der Waals surface area contributed by atoms with Gasteiger partial charge in [-0.1, -0.05) is 0 Å². The molecule has 7 nitrogen and oxygen atoms in total. The maximum Gasteiger partial charge on any atom is 0.540 e. The Bertz CT molecular complexity index is 688. The molecule has 2 aliphatic rings. The summed E-state index contributed by atoms with van der Waals surface area (Å²) >= 11 is 0. The molecule has 0 saturated carbocycles. The molecule has 0 aliphatic carbocycles. The molecule has 11 heteroatoms. The van der Waals surface area contributed by atoms with Gasteiger partial charge in [0.1, 0.15) is 5.75 Å². The maximum absolute atomic E-state index is 13.8. The van der Waals surface area contributed by atoms with E-state index < -0.39 is 29.7 Å². The number of alkyl halides is 4. The Kier molecular flexibility index (Phi) is 4.95. The standard InChI is InChI=1S/C15H16F4N2O5/c16-14(17)11-5-10(1-2-12(11)25-15(18,19)26-14)20-13(23)21-3-4-24-8-9(6-21)7-22/h1-2,5,9,22H,3-4,6-8H2,(H,20,23)/t9-/m0/s1. The number of amides is 2. The second-order valence-corrected chi connectivity index (χ2v) is 5.89. The summed E-state index contributed by atoms with van der Waals surface area (Å²) in [5, 5.41) is 11.6. The van der Waals surface area contributed by atoms with Gasteiger partial charge >= 0.3 is 18.4 Å². The van der Waals surface area contributed by atoms with Gasteiger partial charge in [0.15, 0.2) is 0 Å². The zero-order valence-corrected chi connectivity index (χ0v) is 13.4. The van der Waals surface area contributed by atoms with E-state index in [0.29, 0.717) is 6.61 Å². The molecule has 2 aliphatic heterocycles. The van der Waals surface area contributed by atoms with Crippen LogP contribution in [0.4, 0.5) is 28.0 Å². The lowest BCUT2D eigenvalue weighted by Gasteiger charge is -2.31. The summed E-state index contributed by atoms with van der Waals surface area (Å²) in [5.41, 5.74) is -0.967. The van der Waals surface area contributed by atoms with Gasteiger partial charge in [0.2, 0.25) is 0 Å². The summed E-state index contributed by atoms with van der Waals surface area (Å²) in [6.45, 7) is 0.874. The Labute approximate surface area is 145 Å². The van der Waals surface area contributed by atoms with Gasteiger partial charge < -0.3 is 24.8 Å². The highest BCUT2D eigenvalue weighted by atomic mass is 19.3. The van der Waals surface area contributed by atoms with E-state index in [1.807, 2.05) is 0 Å². The van der Waals surface area contributed by atoms with E-state index in [-0.39, 0.29) is 37.9 Å². The lowest BCUT2D eigenvalue weighted by molar-refractivity contribution is -0.461. The van der Waals surface area contributed by atoms with Gasteiger partial charge in [-0.05, 0) is 18.2 Å². The number of hydrogen-bond donors (Lipinski definition) is 2. The lowest BCUT2D eigenvalue weighted by atomic mass is 10.1. The molecule has 0 bridgehead atoms. The third kappa shape index (κ3) is 4.00. The summed E-state index contributed by atoms with van der Waals surface area (Å²) in [6.07, 6.45) is -8.73. The zero-order valence-electron chi connectivity index (χ0n) is 13.4. The molecule has 1 aromatic rings. The van der Waals surface area contributed by atoms with Crippen LogP contribution in [0.2, 0.25) is 0 Å². The number of fused-ring (bicyclic) bond motifs is 1. The number of benzene rings is 1. The smallest absolute Gasteiger partial charge is 0.409 e. The predicted octanol–water partition coefficient (Wildman–Crippen LogP) is 2.17. The van der Waals surface area contributed by atoms with Crippen molar-refractivity contribution >= 4 is 11.7 Å². The summed E-state index contributed by atoms with van der Waals surface area (Å²) in [4.78, 5) is 13.7. The normalized spacial score (nSPS) is 24.2. The van der Waals surface area contributed by atoms with E-state index >= 15 is 0 Å². The number of aliphatic hydroxyl groups excluding tert-OH is 1. The minimum atomic E-state index is -4.45. The molecule has 0 spiro atoms. The number of carbonyl (C=O) groups is 1. The minimum Gasteiger partial charge on any atom is -0.409 e. The summed E-state index contributed by atoms with van der Waals surface area (Å²) in [5.74, 6) is -1.01. The molecule has 1 saturated heterocycles. The van der Waals surface area contributed by atoms with Gasteiger partial charge in [0.05, 0.1) is 18.8 Å². The third-order valence-corrected chi connectivity index (χ3v) is 3.90. The van der Waals surface area contributed by atoms with E-state index in [9.17, 15) is 27.5 Å². The topological polar surface area (TPSA) is 80.3 Å². The number of halogens is 4. The number of ether oxygens (including phenoxy) is 3. The average Bonchev–Trinajstić information content (AvgIpc) is 2.79. The number of anilines is 1. The largest absolute Gasteiger partial charge is 0.540 e. The molecule has 3 rings (SSSR count). The third-order valence-electron chi connectivity index (χ3n) is 3.90. The molecular formula is C15H16F4N2O5. The SMILES string of the molecule is O=C(Nc1ccc2c(c1)C(F)(F)OC(F)(F)O2)N1CCOC[C@H](CO)C1. The van der Waals surface area contributed by atoms with Crippen molar-refractivity contribution in [1.29, 1.82) is 0 Å². The Morgan fingerprint density at radius 3 is 2.85 bits per heavy atom. The molecular weight excluding hydrogens is 364 g/mol. The summed E-state index contributed by atoms with van der Waals surface area (Å²) in [7, 11) is 0. The van der Waals surface area contributed by atoms with E-state index in [4.69, 9.17) is 4.74 Å². The van der Waals surface area contributed by atoms with Crippen LogP contribution in [0.3, 0.4) is 0 Å². The van der Waals surface area contributed by atoms with Gasteiger partial charge in [-0.2, -0.15) is 8.78 Å². The molecule has 2 amide bonds. The quantitative estimate of drug-likeness (QED) is 0.769. The van der Waals surface area contributed by atoms with Crippen LogP contribution < -0.4 is 10.1 Å². The molecule has 144 valence electrons. The predicted molar refractivity (Wildman–Crippen MR) is 79.0 cm³/mol. The molecule has 0 radical (unpaired) electrons. The van der Waals surface area contributed by atoms with Crippen molar-refractivity contribution in [3.63, 3.8) is 0 Å². The van der Waals surface area contributed by atoms with E-state index in [2.05, 4.69) is 14.8 Å². The second-order valence-electron chi connectivity index (χ2n) is 5.89. The first kappa shape index (κ1) is 18.7.